The summed E-state index contributed by atoms with van der Waals surface area (Å²) in [4.78, 5) is 0.162. The fraction of sp³-hybridized carbons (Fsp3) is 0.214. The lowest BCUT2D eigenvalue weighted by molar-refractivity contribution is 0.162. The van der Waals surface area contributed by atoms with Crippen LogP contribution in [-0.2, 0) is 14.8 Å². The quantitative estimate of drug-likeness (QED) is 0.643. The van der Waals surface area contributed by atoms with Gasteiger partial charge in [0.15, 0.2) is 5.88 Å². The molecule has 0 aliphatic rings. The second-order valence-corrected chi connectivity index (χ2v) is 5.72. The van der Waals surface area contributed by atoms with Crippen molar-refractivity contribution in [1.82, 2.24) is 4.72 Å². The molecule has 0 spiro atoms. The first kappa shape index (κ1) is 15.1. The van der Waals surface area contributed by atoms with Gasteiger partial charge < -0.3 is 4.74 Å². The molecule has 0 fully saturated rings. The number of aryl methyl sites for hydroxylation is 1. The molecule has 0 aliphatic carbocycles. The number of hydrogen-bond donors (Lipinski definition) is 1. The number of rotatable bonds is 6. The van der Waals surface area contributed by atoms with Crippen LogP contribution in [0.25, 0.3) is 0 Å². The third kappa shape index (κ3) is 4.66. The monoisotopic (exact) mass is 279 g/mol. The van der Waals surface area contributed by atoms with Gasteiger partial charge in [-0.25, -0.2) is 13.1 Å². The largest absolute Gasteiger partial charge is 0.471 e. The van der Waals surface area contributed by atoms with Crippen LogP contribution in [-0.4, -0.2) is 14.5 Å². The number of nitrogens with one attached hydrogen (secondary N) is 1. The average molecular weight is 279 g/mol. The van der Waals surface area contributed by atoms with Crippen LogP contribution in [0.2, 0.25) is 0 Å². The zero-order valence-corrected chi connectivity index (χ0v) is 11.8. The third-order valence-electron chi connectivity index (χ3n) is 2.26. The zero-order valence-electron chi connectivity index (χ0n) is 11.0. The lowest BCUT2D eigenvalue weighted by Crippen LogP contribution is -2.25. The van der Waals surface area contributed by atoms with Crippen molar-refractivity contribution < 1.29 is 13.2 Å². The first-order valence-corrected chi connectivity index (χ1v) is 7.14. The minimum atomic E-state index is -3.66. The number of benzene rings is 1. The predicted molar refractivity (Wildman–Crippen MR) is 74.9 cm³/mol. The van der Waals surface area contributed by atoms with E-state index in [1.54, 1.807) is 25.1 Å². The Bertz CT molecular complexity index is 596. The highest BCUT2D eigenvalue weighted by molar-refractivity contribution is 7.89. The molecule has 1 aromatic rings. The first-order valence-electron chi connectivity index (χ1n) is 5.66. The standard InChI is InChI=1S/C14H17NO3S/c1-5-6-12(3)18-13(4)15-19(16,17)14-9-7-11(2)8-10-14/h6-10,12,15H,1,4H2,2-3H3. The van der Waals surface area contributed by atoms with E-state index in [0.717, 1.165) is 5.56 Å². The van der Waals surface area contributed by atoms with Crippen molar-refractivity contribution in [2.75, 3.05) is 0 Å². The van der Waals surface area contributed by atoms with E-state index in [9.17, 15) is 8.42 Å². The van der Waals surface area contributed by atoms with Crippen molar-refractivity contribution in [2.45, 2.75) is 24.8 Å². The highest BCUT2D eigenvalue weighted by atomic mass is 32.2. The molecular formula is C14H17NO3S. The van der Waals surface area contributed by atoms with E-state index in [1.165, 1.54) is 12.1 Å². The third-order valence-corrected chi connectivity index (χ3v) is 3.65. The molecule has 0 saturated carbocycles. The van der Waals surface area contributed by atoms with Crippen molar-refractivity contribution in [1.29, 1.82) is 0 Å². The zero-order chi connectivity index (χ0) is 14.5. The van der Waals surface area contributed by atoms with Crippen LogP contribution in [0.1, 0.15) is 12.5 Å². The van der Waals surface area contributed by atoms with Gasteiger partial charge >= 0.3 is 0 Å². The summed E-state index contributed by atoms with van der Waals surface area (Å²) in [5.41, 5.74) is 3.54. The molecule has 0 saturated heterocycles. The number of sulfonamides is 1. The van der Waals surface area contributed by atoms with Gasteiger partial charge in [-0.15, -0.1) is 5.73 Å². The molecule has 0 amide bonds. The minimum absolute atomic E-state index is 0.0421. The van der Waals surface area contributed by atoms with E-state index in [2.05, 4.69) is 23.6 Å². The number of hydrogen-bond acceptors (Lipinski definition) is 3. The molecule has 0 bridgehead atoms. The molecule has 4 nitrogen and oxygen atoms in total. The lowest BCUT2D eigenvalue weighted by atomic mass is 10.2. The Morgan fingerprint density at radius 2 is 2.00 bits per heavy atom. The van der Waals surface area contributed by atoms with Crippen molar-refractivity contribution >= 4 is 10.0 Å². The highest BCUT2D eigenvalue weighted by Crippen LogP contribution is 2.11. The Balaban J connectivity index is 2.77. The molecule has 0 radical (unpaired) electrons. The summed E-state index contributed by atoms with van der Waals surface area (Å²) < 4.78 is 31.5. The maximum absolute atomic E-state index is 12.0. The van der Waals surface area contributed by atoms with Crippen LogP contribution in [0, 0.1) is 6.92 Å². The van der Waals surface area contributed by atoms with Crippen LogP contribution in [0.15, 0.2) is 60.0 Å². The summed E-state index contributed by atoms with van der Waals surface area (Å²) in [5.74, 6) is -0.0421. The summed E-state index contributed by atoms with van der Waals surface area (Å²) in [6, 6.07) is 6.50. The molecule has 1 unspecified atom stereocenters. The van der Waals surface area contributed by atoms with Gasteiger partial charge in [-0.3, -0.25) is 0 Å². The Morgan fingerprint density at radius 3 is 2.53 bits per heavy atom. The summed E-state index contributed by atoms with van der Waals surface area (Å²) >= 11 is 0. The molecule has 1 rings (SSSR count). The fourth-order valence-electron chi connectivity index (χ4n) is 1.37. The Labute approximate surface area is 114 Å². The average Bonchev–Trinajstić information content (AvgIpc) is 2.28. The van der Waals surface area contributed by atoms with Gasteiger partial charge in [0.2, 0.25) is 0 Å². The topological polar surface area (TPSA) is 55.4 Å². The van der Waals surface area contributed by atoms with Gasteiger partial charge in [0.1, 0.15) is 6.10 Å². The lowest BCUT2D eigenvalue weighted by Gasteiger charge is -2.14. The second-order valence-electron chi connectivity index (χ2n) is 4.04. The molecule has 1 atom stereocenters. The Kier molecular flexibility index (Phi) is 4.98. The van der Waals surface area contributed by atoms with E-state index < -0.39 is 10.0 Å². The summed E-state index contributed by atoms with van der Waals surface area (Å²) in [6.45, 7) is 10.5. The van der Waals surface area contributed by atoms with Crippen molar-refractivity contribution in [3.05, 3.63) is 60.7 Å². The van der Waals surface area contributed by atoms with Crippen LogP contribution < -0.4 is 4.72 Å². The van der Waals surface area contributed by atoms with E-state index in [1.807, 2.05) is 6.92 Å². The first-order chi connectivity index (χ1) is 8.85. The van der Waals surface area contributed by atoms with Crippen LogP contribution in [0.3, 0.4) is 0 Å². The molecule has 102 valence electrons. The van der Waals surface area contributed by atoms with Gasteiger partial charge in [0, 0.05) is 0 Å². The SMILES string of the molecule is C=C=CC(C)OC(=C)NS(=O)(=O)c1ccc(C)cc1. The van der Waals surface area contributed by atoms with Gasteiger partial charge in [-0.1, -0.05) is 24.3 Å². The number of ether oxygens (including phenoxy) is 1. The molecule has 0 aliphatic heterocycles. The molecule has 0 aromatic heterocycles. The second kappa shape index (κ2) is 6.27. The van der Waals surface area contributed by atoms with E-state index in [4.69, 9.17) is 4.74 Å². The molecule has 0 heterocycles. The normalized spacial score (nSPS) is 12.1. The maximum Gasteiger partial charge on any atom is 0.264 e. The Hall–Kier alpha value is -1.97. The van der Waals surface area contributed by atoms with E-state index in [-0.39, 0.29) is 16.9 Å². The summed E-state index contributed by atoms with van der Waals surface area (Å²) in [7, 11) is -3.66. The summed E-state index contributed by atoms with van der Waals surface area (Å²) in [6.07, 6.45) is 1.21. The van der Waals surface area contributed by atoms with Crippen molar-refractivity contribution in [3.63, 3.8) is 0 Å². The maximum atomic E-state index is 12.0. The molecule has 5 heteroatoms. The smallest absolute Gasteiger partial charge is 0.264 e. The van der Waals surface area contributed by atoms with E-state index in [0.29, 0.717) is 0 Å². The molecule has 19 heavy (non-hydrogen) atoms. The summed E-state index contributed by atoms with van der Waals surface area (Å²) in [5, 5.41) is 0. The van der Waals surface area contributed by atoms with Gasteiger partial charge in [0.25, 0.3) is 10.0 Å². The van der Waals surface area contributed by atoms with Crippen LogP contribution in [0.5, 0.6) is 0 Å². The Morgan fingerprint density at radius 1 is 1.42 bits per heavy atom. The molecule has 1 N–H and O–H groups in total. The molecule has 1 aromatic carbocycles. The van der Waals surface area contributed by atoms with Crippen LogP contribution >= 0.6 is 0 Å². The van der Waals surface area contributed by atoms with Crippen molar-refractivity contribution in [3.8, 4) is 0 Å². The highest BCUT2D eigenvalue weighted by Gasteiger charge is 2.15. The molecular weight excluding hydrogens is 262 g/mol. The van der Waals surface area contributed by atoms with Gasteiger partial charge in [-0.2, -0.15) is 0 Å². The predicted octanol–water partition coefficient (Wildman–Crippen LogP) is 2.49. The van der Waals surface area contributed by atoms with Gasteiger partial charge in [-0.05, 0) is 38.6 Å². The van der Waals surface area contributed by atoms with Crippen molar-refractivity contribution in [2.24, 2.45) is 0 Å². The minimum Gasteiger partial charge on any atom is -0.471 e. The fourth-order valence-corrected chi connectivity index (χ4v) is 2.33. The van der Waals surface area contributed by atoms with Crippen LogP contribution in [0.4, 0.5) is 0 Å². The van der Waals surface area contributed by atoms with Gasteiger partial charge in [0.05, 0.1) is 4.90 Å². The van der Waals surface area contributed by atoms with E-state index >= 15 is 0 Å².